The summed E-state index contributed by atoms with van der Waals surface area (Å²) >= 11 is 12.1. The maximum Gasteiger partial charge on any atom is 0.259 e. The Morgan fingerprint density at radius 1 is 0.885 bits per heavy atom. The summed E-state index contributed by atoms with van der Waals surface area (Å²) in [6.45, 7) is 9.26. The Hall–Kier alpha value is -5.88. The molecule has 4 heterocycles. The Bertz CT molecular complexity index is 2440. The third-order valence-corrected chi connectivity index (χ3v) is 12.9. The fourth-order valence-corrected chi connectivity index (χ4v) is 9.47. The zero-order valence-electron chi connectivity index (χ0n) is 34.0. The van der Waals surface area contributed by atoms with Crippen molar-refractivity contribution in [3.8, 4) is 17.2 Å². The lowest BCUT2D eigenvalue weighted by Crippen LogP contribution is -2.49. The Kier molecular flexibility index (Phi) is 11.8. The molecule has 4 aromatic rings. The van der Waals surface area contributed by atoms with Gasteiger partial charge in [0.2, 0.25) is 11.8 Å². The summed E-state index contributed by atoms with van der Waals surface area (Å²) in [5.41, 5.74) is 3.78. The molecule has 15 heteroatoms. The van der Waals surface area contributed by atoms with Crippen LogP contribution in [-0.4, -0.2) is 95.9 Å². The first-order valence-electron chi connectivity index (χ1n) is 20.6. The van der Waals surface area contributed by atoms with Gasteiger partial charge in [-0.05, 0) is 123 Å². The third-order valence-electron chi connectivity index (χ3n) is 12.2. The quantitative estimate of drug-likeness (QED) is 0.137. The average Bonchev–Trinajstić information content (AvgIpc) is 3.43. The summed E-state index contributed by atoms with van der Waals surface area (Å²) < 4.78 is 15.7. The number of piperidine rings is 2. The molecule has 8 rings (SSSR count). The van der Waals surface area contributed by atoms with E-state index in [1.807, 2.05) is 42.5 Å². The van der Waals surface area contributed by atoms with Crippen LogP contribution in [0.5, 0.6) is 0 Å². The van der Waals surface area contributed by atoms with Gasteiger partial charge in [-0.1, -0.05) is 35.9 Å². The molecular formula is C46H46ClFN8O4S. The lowest BCUT2D eigenvalue weighted by atomic mass is 9.95. The molecule has 1 atom stereocenters. The summed E-state index contributed by atoms with van der Waals surface area (Å²) in [5.74, 6) is -1.19. The van der Waals surface area contributed by atoms with E-state index in [4.69, 9.17) is 23.8 Å². The monoisotopic (exact) mass is 860 g/mol. The molecule has 4 saturated heterocycles. The number of imide groups is 1. The van der Waals surface area contributed by atoms with E-state index in [1.165, 1.54) is 11.0 Å². The van der Waals surface area contributed by atoms with Gasteiger partial charge in [0.05, 0.1) is 21.8 Å². The Labute approximate surface area is 364 Å². The summed E-state index contributed by atoms with van der Waals surface area (Å²) in [6, 6.07) is 26.5. The molecular weight excluding hydrogens is 815 g/mol. The molecule has 0 radical (unpaired) electrons. The van der Waals surface area contributed by atoms with Crippen LogP contribution in [0.15, 0.2) is 84.9 Å². The maximum atomic E-state index is 15.7. The van der Waals surface area contributed by atoms with E-state index in [0.29, 0.717) is 54.4 Å². The third kappa shape index (κ3) is 8.55. The first-order chi connectivity index (χ1) is 29.3. The molecule has 0 bridgehead atoms. The molecule has 4 amide bonds. The van der Waals surface area contributed by atoms with Crippen molar-refractivity contribution in [1.29, 1.82) is 5.26 Å². The van der Waals surface area contributed by atoms with E-state index < -0.39 is 17.4 Å². The highest BCUT2D eigenvalue weighted by Gasteiger charge is 2.50. The normalized spacial score (nSPS) is 19.9. The molecule has 0 saturated carbocycles. The predicted octanol–water partition coefficient (Wildman–Crippen LogP) is 6.83. The summed E-state index contributed by atoms with van der Waals surface area (Å²) in [5, 5.41) is 15.4. The molecule has 1 unspecified atom stereocenters. The highest BCUT2D eigenvalue weighted by molar-refractivity contribution is 7.81. The molecule has 12 nitrogen and oxygen atoms in total. The van der Waals surface area contributed by atoms with Gasteiger partial charge in [-0.2, -0.15) is 5.26 Å². The number of carbonyl (C=O) groups is 4. The lowest BCUT2D eigenvalue weighted by Gasteiger charge is -2.39. The van der Waals surface area contributed by atoms with E-state index in [2.05, 4.69) is 32.6 Å². The minimum Gasteiger partial charge on any atom is -0.374 e. The Morgan fingerprint density at radius 2 is 1.59 bits per heavy atom. The van der Waals surface area contributed by atoms with Crippen LogP contribution >= 0.6 is 23.8 Å². The van der Waals surface area contributed by atoms with Crippen molar-refractivity contribution in [2.24, 2.45) is 5.92 Å². The number of benzene rings is 4. The minimum absolute atomic E-state index is 0.0528. The number of nitrogens with one attached hydrogen (secondary N) is 2. The van der Waals surface area contributed by atoms with E-state index in [-0.39, 0.29) is 39.3 Å². The van der Waals surface area contributed by atoms with Crippen LogP contribution in [0.2, 0.25) is 5.02 Å². The number of halogens is 2. The summed E-state index contributed by atoms with van der Waals surface area (Å²) in [4.78, 5) is 60.7. The number of hydrogen-bond acceptors (Lipinski definition) is 9. The van der Waals surface area contributed by atoms with Gasteiger partial charge in [0.15, 0.2) is 5.11 Å². The highest BCUT2D eigenvalue weighted by Crippen LogP contribution is 2.38. The maximum absolute atomic E-state index is 15.7. The number of thiocarbonyl (C=S) groups is 1. The van der Waals surface area contributed by atoms with Crippen LogP contribution in [0, 0.1) is 23.1 Å². The lowest BCUT2D eigenvalue weighted by molar-refractivity contribution is -0.133. The molecule has 0 spiro atoms. The smallest absolute Gasteiger partial charge is 0.259 e. The van der Waals surface area contributed by atoms with E-state index >= 15 is 4.39 Å². The molecule has 4 fully saturated rings. The first-order valence-corrected chi connectivity index (χ1v) is 21.3. The molecule has 4 aliphatic heterocycles. The second-order valence-electron chi connectivity index (χ2n) is 16.6. The van der Waals surface area contributed by atoms with Gasteiger partial charge >= 0.3 is 0 Å². The summed E-state index contributed by atoms with van der Waals surface area (Å²) in [7, 11) is 0. The molecule has 0 aromatic heterocycles. The van der Waals surface area contributed by atoms with Crippen molar-refractivity contribution in [3.05, 3.63) is 107 Å². The van der Waals surface area contributed by atoms with Crippen LogP contribution in [0.4, 0.5) is 27.1 Å². The molecule has 0 aliphatic carbocycles. The predicted molar refractivity (Wildman–Crippen MR) is 238 cm³/mol. The average molecular weight is 861 g/mol. The van der Waals surface area contributed by atoms with E-state index in [9.17, 15) is 24.4 Å². The van der Waals surface area contributed by atoms with Crippen LogP contribution in [0.25, 0.3) is 11.1 Å². The van der Waals surface area contributed by atoms with Gasteiger partial charge in [-0.25, -0.2) is 4.39 Å². The van der Waals surface area contributed by atoms with Crippen LogP contribution < -0.4 is 25.3 Å². The second-order valence-corrected chi connectivity index (χ2v) is 17.3. The number of hydrogen-bond donors (Lipinski definition) is 2. The molecule has 4 aliphatic rings. The van der Waals surface area contributed by atoms with Crippen molar-refractivity contribution in [2.45, 2.75) is 51.1 Å². The first kappa shape index (κ1) is 41.8. The van der Waals surface area contributed by atoms with Crippen LogP contribution in [-0.2, 0) is 14.4 Å². The van der Waals surface area contributed by atoms with Crippen molar-refractivity contribution in [1.82, 2.24) is 15.1 Å². The van der Waals surface area contributed by atoms with Crippen LogP contribution in [0.3, 0.4) is 0 Å². The molecule has 314 valence electrons. The number of rotatable bonds is 9. The van der Waals surface area contributed by atoms with Gasteiger partial charge in [0.25, 0.3) is 11.8 Å². The topological polar surface area (TPSA) is 132 Å². The zero-order chi connectivity index (χ0) is 43.0. The van der Waals surface area contributed by atoms with Crippen LogP contribution in [0.1, 0.15) is 55.5 Å². The number of nitriles is 1. The van der Waals surface area contributed by atoms with Crippen molar-refractivity contribution >= 4 is 75.3 Å². The molecule has 2 N–H and O–H groups in total. The number of likely N-dealkylation sites (tertiary alicyclic amines) is 1. The van der Waals surface area contributed by atoms with Crippen molar-refractivity contribution in [3.63, 3.8) is 0 Å². The Morgan fingerprint density at radius 3 is 2.26 bits per heavy atom. The molecule has 61 heavy (non-hydrogen) atoms. The van der Waals surface area contributed by atoms with Crippen molar-refractivity contribution < 1.29 is 23.6 Å². The van der Waals surface area contributed by atoms with Gasteiger partial charge in [-0.15, -0.1) is 0 Å². The fraction of sp³-hybridized carbons (Fsp3) is 0.348. The number of nitrogens with zero attached hydrogens (tertiary/aromatic N) is 6. The molecule has 4 aromatic carbocycles. The standard InChI is InChI=1S/C46H46ClFN8O4S/c1-46(2)44(60)55(36-12-8-32(27-49)38(47)26-36)45(61)56(46)34-10-6-30(7-11-34)31-9-13-37(39(48)24-31)43(59)54-18-16-29(17-19-54)28-52-20-22-53(23-21-52)35-5-3-4-33(25-35)50-40-14-15-41(57)51-42(40)58/h3-13,24-26,29,40,50H,14-23,28H2,1-2H3,(H,51,57,58). The van der Waals surface area contributed by atoms with Gasteiger partial charge in [-0.3, -0.25) is 34.3 Å². The minimum atomic E-state index is -1.02. The zero-order valence-corrected chi connectivity index (χ0v) is 35.6. The van der Waals surface area contributed by atoms with Gasteiger partial charge in [0, 0.05) is 69.3 Å². The number of carbonyl (C=O) groups excluding carboxylic acids is 4. The number of anilines is 4. The van der Waals surface area contributed by atoms with Gasteiger partial charge < -0.3 is 20.0 Å². The largest absolute Gasteiger partial charge is 0.374 e. The second kappa shape index (κ2) is 17.2. The Balaban J connectivity index is 0.826. The highest BCUT2D eigenvalue weighted by atomic mass is 35.5. The van der Waals surface area contributed by atoms with Gasteiger partial charge in [0.1, 0.15) is 23.5 Å². The number of amides is 4. The van der Waals surface area contributed by atoms with Crippen molar-refractivity contribution in [2.75, 3.05) is 65.8 Å². The van der Waals surface area contributed by atoms with E-state index in [0.717, 1.165) is 62.5 Å². The SMILES string of the molecule is CC1(C)C(=O)N(c2ccc(C#N)c(Cl)c2)C(=S)N1c1ccc(-c2ccc(C(=O)N3CCC(CN4CCN(c5cccc(NC6CCC(=O)NC6=O)c5)CC4)CC3)c(F)c2)cc1. The van der Waals surface area contributed by atoms with E-state index in [1.54, 1.807) is 54.0 Å². The fourth-order valence-electron chi connectivity index (χ4n) is 8.73. The number of piperazine rings is 1. The summed E-state index contributed by atoms with van der Waals surface area (Å²) in [6.07, 6.45) is 2.52.